The number of hydrogen-bond donors (Lipinski definition) is 1. The fraction of sp³-hybridized carbons (Fsp3) is 0.125. The fourth-order valence-corrected chi connectivity index (χ4v) is 3.95. The van der Waals surface area contributed by atoms with Crippen LogP contribution >= 0.6 is 15.9 Å². The van der Waals surface area contributed by atoms with E-state index >= 15 is 0 Å². The van der Waals surface area contributed by atoms with Crippen molar-refractivity contribution in [1.29, 1.82) is 0 Å². The molecule has 0 saturated heterocycles. The zero-order chi connectivity index (χ0) is 20.2. The van der Waals surface area contributed by atoms with Gasteiger partial charge in [0.1, 0.15) is 12.4 Å². The molecule has 1 aliphatic carbocycles. The van der Waals surface area contributed by atoms with Gasteiger partial charge in [0.25, 0.3) is 0 Å². The number of nitrogens with one attached hydrogen (secondary N) is 1. The van der Waals surface area contributed by atoms with Crippen LogP contribution in [0.4, 0.5) is 9.18 Å². The number of ether oxygens (including phenoxy) is 1. The quantitative estimate of drug-likeness (QED) is 0.505. The Morgan fingerprint density at radius 3 is 2.34 bits per heavy atom. The zero-order valence-electron chi connectivity index (χ0n) is 15.6. The Hall–Kier alpha value is -2.92. The predicted molar refractivity (Wildman–Crippen MR) is 116 cm³/mol. The highest BCUT2D eigenvalue weighted by Gasteiger charge is 2.28. The zero-order valence-corrected chi connectivity index (χ0v) is 17.2. The molecular formula is C24H19BrFNO2. The monoisotopic (exact) mass is 451 g/mol. The number of halogens is 2. The van der Waals surface area contributed by atoms with Crippen molar-refractivity contribution in [2.24, 2.45) is 0 Å². The third kappa shape index (κ3) is 4.25. The van der Waals surface area contributed by atoms with E-state index in [0.717, 1.165) is 0 Å². The molecule has 0 aromatic heterocycles. The highest BCUT2D eigenvalue weighted by atomic mass is 79.9. The van der Waals surface area contributed by atoms with E-state index in [0.29, 0.717) is 10.0 Å². The van der Waals surface area contributed by atoms with E-state index in [4.69, 9.17) is 4.74 Å². The van der Waals surface area contributed by atoms with E-state index in [9.17, 15) is 9.18 Å². The van der Waals surface area contributed by atoms with E-state index in [-0.39, 0.29) is 24.9 Å². The molecule has 5 heteroatoms. The van der Waals surface area contributed by atoms with E-state index in [1.165, 1.54) is 28.3 Å². The number of benzene rings is 3. The Bertz CT molecular complexity index is 1030. The minimum atomic E-state index is -0.493. The second-order valence-electron chi connectivity index (χ2n) is 6.77. The first-order valence-electron chi connectivity index (χ1n) is 9.34. The van der Waals surface area contributed by atoms with Crippen LogP contribution in [0.1, 0.15) is 22.6 Å². The number of amides is 1. The standard InChI is InChI=1S/C24H19BrFNO2/c25-17-12-11-16(23(26)14-17)6-5-13-27-24(28)29-15-22-20-9-3-1-7-18(20)19-8-2-4-10-21(19)22/h1-12,14,22H,13,15H2,(H,27,28). The maximum absolute atomic E-state index is 13.8. The topological polar surface area (TPSA) is 38.3 Å². The average molecular weight is 452 g/mol. The van der Waals surface area contributed by atoms with Crippen molar-refractivity contribution in [1.82, 2.24) is 5.32 Å². The van der Waals surface area contributed by atoms with Crippen molar-refractivity contribution >= 4 is 28.1 Å². The molecule has 0 atom stereocenters. The van der Waals surface area contributed by atoms with Gasteiger partial charge < -0.3 is 10.1 Å². The normalized spacial score (nSPS) is 12.6. The van der Waals surface area contributed by atoms with Crippen LogP contribution in [0.5, 0.6) is 0 Å². The molecule has 3 aromatic carbocycles. The minimum Gasteiger partial charge on any atom is -0.449 e. The van der Waals surface area contributed by atoms with Crippen molar-refractivity contribution in [2.45, 2.75) is 5.92 Å². The molecule has 0 bridgehead atoms. The highest BCUT2D eigenvalue weighted by molar-refractivity contribution is 9.10. The molecule has 29 heavy (non-hydrogen) atoms. The number of hydrogen-bond acceptors (Lipinski definition) is 2. The van der Waals surface area contributed by atoms with Crippen LogP contribution in [0.15, 0.2) is 77.3 Å². The summed E-state index contributed by atoms with van der Waals surface area (Å²) in [7, 11) is 0. The molecule has 0 unspecified atom stereocenters. The van der Waals surface area contributed by atoms with Gasteiger partial charge in [0.2, 0.25) is 0 Å². The molecule has 0 radical (unpaired) electrons. The van der Waals surface area contributed by atoms with Gasteiger partial charge in [-0.05, 0) is 34.4 Å². The Labute approximate surface area is 177 Å². The third-order valence-electron chi connectivity index (χ3n) is 4.97. The number of carbonyl (C=O) groups is 1. The lowest BCUT2D eigenvalue weighted by Gasteiger charge is -2.14. The minimum absolute atomic E-state index is 0.0283. The molecule has 1 aliphatic rings. The summed E-state index contributed by atoms with van der Waals surface area (Å²) in [5, 5.41) is 2.68. The molecule has 1 N–H and O–H groups in total. The maximum atomic E-state index is 13.8. The molecule has 0 heterocycles. The van der Waals surface area contributed by atoms with Gasteiger partial charge in [-0.25, -0.2) is 9.18 Å². The number of fused-ring (bicyclic) bond motifs is 3. The van der Waals surface area contributed by atoms with Gasteiger partial charge in [0.15, 0.2) is 0 Å². The first-order valence-corrected chi connectivity index (χ1v) is 10.1. The van der Waals surface area contributed by atoms with Crippen LogP contribution in [0, 0.1) is 5.82 Å². The summed E-state index contributed by atoms with van der Waals surface area (Å²) >= 11 is 3.23. The van der Waals surface area contributed by atoms with Crippen LogP contribution in [0.25, 0.3) is 17.2 Å². The molecule has 0 aliphatic heterocycles. The first-order chi connectivity index (χ1) is 14.1. The molecule has 3 nitrogen and oxygen atoms in total. The highest BCUT2D eigenvalue weighted by Crippen LogP contribution is 2.44. The van der Waals surface area contributed by atoms with Crippen LogP contribution < -0.4 is 5.32 Å². The second kappa shape index (κ2) is 8.62. The van der Waals surface area contributed by atoms with Crippen molar-refractivity contribution in [3.05, 3.63) is 99.8 Å². The van der Waals surface area contributed by atoms with Crippen LogP contribution in [-0.2, 0) is 4.74 Å². The SMILES string of the molecule is O=C(NCC=Cc1ccc(Br)cc1F)OCC1c2ccccc2-c2ccccc21. The van der Waals surface area contributed by atoms with E-state index < -0.39 is 6.09 Å². The van der Waals surface area contributed by atoms with Crippen molar-refractivity contribution in [3.63, 3.8) is 0 Å². The summed E-state index contributed by atoms with van der Waals surface area (Å²) in [4.78, 5) is 12.1. The van der Waals surface area contributed by atoms with Crippen molar-refractivity contribution in [3.8, 4) is 11.1 Å². The van der Waals surface area contributed by atoms with Gasteiger partial charge >= 0.3 is 6.09 Å². The first kappa shape index (κ1) is 19.4. The third-order valence-corrected chi connectivity index (χ3v) is 5.46. The van der Waals surface area contributed by atoms with Crippen LogP contribution in [0.3, 0.4) is 0 Å². The number of alkyl carbamates (subject to hydrolysis) is 1. The van der Waals surface area contributed by atoms with E-state index in [1.54, 1.807) is 24.3 Å². The fourth-order valence-electron chi connectivity index (χ4n) is 3.61. The molecule has 1 amide bonds. The summed E-state index contributed by atoms with van der Waals surface area (Å²) in [5.74, 6) is -0.294. The van der Waals surface area contributed by atoms with Crippen molar-refractivity contribution in [2.75, 3.05) is 13.2 Å². The summed E-state index contributed by atoms with van der Waals surface area (Å²) in [6.07, 6.45) is 2.83. The van der Waals surface area contributed by atoms with Gasteiger partial charge in [-0.3, -0.25) is 0 Å². The lowest BCUT2D eigenvalue weighted by atomic mass is 9.98. The average Bonchev–Trinajstić information content (AvgIpc) is 3.05. The smallest absolute Gasteiger partial charge is 0.407 e. The molecule has 4 rings (SSSR count). The Balaban J connectivity index is 1.34. The summed E-state index contributed by atoms with van der Waals surface area (Å²) < 4.78 is 19.9. The molecule has 0 spiro atoms. The lowest BCUT2D eigenvalue weighted by molar-refractivity contribution is 0.144. The van der Waals surface area contributed by atoms with Gasteiger partial charge in [0.05, 0.1) is 0 Å². The molecule has 146 valence electrons. The molecule has 0 saturated carbocycles. The summed E-state index contributed by atoms with van der Waals surface area (Å²) in [6, 6.07) is 21.2. The van der Waals surface area contributed by atoms with Crippen LogP contribution in [0.2, 0.25) is 0 Å². The summed E-state index contributed by atoms with van der Waals surface area (Å²) in [5.41, 5.74) is 5.19. The van der Waals surface area contributed by atoms with E-state index in [1.807, 2.05) is 24.3 Å². The van der Waals surface area contributed by atoms with Gasteiger partial charge in [-0.15, -0.1) is 0 Å². The van der Waals surface area contributed by atoms with Gasteiger partial charge in [-0.1, -0.05) is 82.7 Å². The number of carbonyl (C=O) groups excluding carboxylic acids is 1. The van der Waals surface area contributed by atoms with E-state index in [2.05, 4.69) is 45.5 Å². The second-order valence-corrected chi connectivity index (χ2v) is 7.69. The molecule has 3 aromatic rings. The maximum Gasteiger partial charge on any atom is 0.407 e. The van der Waals surface area contributed by atoms with Crippen molar-refractivity contribution < 1.29 is 13.9 Å². The molecule has 0 fully saturated rings. The Morgan fingerprint density at radius 1 is 1.03 bits per heavy atom. The molecular weight excluding hydrogens is 433 g/mol. The Morgan fingerprint density at radius 2 is 1.69 bits per heavy atom. The van der Waals surface area contributed by atoms with Gasteiger partial charge in [-0.2, -0.15) is 0 Å². The largest absolute Gasteiger partial charge is 0.449 e. The predicted octanol–water partition coefficient (Wildman–Crippen LogP) is 6.14. The Kier molecular flexibility index (Phi) is 5.76. The lowest BCUT2D eigenvalue weighted by Crippen LogP contribution is -2.26. The summed E-state index contributed by atoms with van der Waals surface area (Å²) in [6.45, 7) is 0.525. The van der Waals surface area contributed by atoms with Gasteiger partial charge in [0, 0.05) is 22.5 Å². The van der Waals surface area contributed by atoms with Crippen LogP contribution in [-0.4, -0.2) is 19.2 Å². The number of rotatable bonds is 5.